The minimum absolute atomic E-state index is 0.210. The second-order valence-electron chi connectivity index (χ2n) is 3.54. The number of benzene rings is 1. The van der Waals surface area contributed by atoms with Gasteiger partial charge in [-0.15, -0.1) is 0 Å². The molecule has 0 bridgehead atoms. The molecule has 0 atom stereocenters. The van der Waals surface area contributed by atoms with Crippen LogP contribution in [0.5, 0.6) is 5.75 Å². The van der Waals surface area contributed by atoms with E-state index in [9.17, 15) is 4.79 Å². The topological polar surface area (TPSA) is 41.9 Å². The number of rotatable bonds is 0. The summed E-state index contributed by atoms with van der Waals surface area (Å²) in [5.74, 6) is 0.969. The zero-order valence-corrected chi connectivity index (χ0v) is 8.73. The van der Waals surface area contributed by atoms with E-state index in [2.05, 4.69) is 4.99 Å². The van der Waals surface area contributed by atoms with Gasteiger partial charge in [-0.3, -0.25) is 4.79 Å². The fraction of sp³-hybridized carbons (Fsp3) is 0.273. The number of aliphatic imine (C=N–C) groups is 1. The van der Waals surface area contributed by atoms with Gasteiger partial charge < -0.3 is 9.64 Å². The van der Waals surface area contributed by atoms with Crippen molar-refractivity contribution < 1.29 is 9.53 Å². The maximum Gasteiger partial charge on any atom is 0.318 e. The number of nitrogens with zero attached hydrogens (tertiary/aromatic N) is 2. The summed E-state index contributed by atoms with van der Waals surface area (Å²) in [5.41, 5.74) is 0.701. The molecule has 0 aliphatic carbocycles. The highest BCUT2D eigenvalue weighted by Gasteiger charge is 2.18. The van der Waals surface area contributed by atoms with Crippen LogP contribution in [0.15, 0.2) is 29.3 Å². The maximum absolute atomic E-state index is 11.4. The van der Waals surface area contributed by atoms with Crippen molar-refractivity contribution in [2.45, 2.75) is 6.42 Å². The summed E-state index contributed by atoms with van der Waals surface area (Å²) in [6.45, 7) is 0. The molecule has 1 aromatic carbocycles. The Bertz CT molecular complexity index is 424. The number of amidine groups is 1. The fourth-order valence-corrected chi connectivity index (χ4v) is 1.36. The number of fused-ring (bicyclic) bond motifs is 1. The Kier molecular flexibility index (Phi) is 2.41. The normalized spacial score (nSPS) is 14.8. The van der Waals surface area contributed by atoms with Crippen molar-refractivity contribution in [3.63, 3.8) is 0 Å². The first-order chi connectivity index (χ1) is 7.16. The first-order valence-corrected chi connectivity index (χ1v) is 4.71. The summed E-state index contributed by atoms with van der Waals surface area (Å²) in [6, 6.07) is 7.27. The molecule has 0 aromatic heterocycles. The van der Waals surface area contributed by atoms with Gasteiger partial charge in [0.2, 0.25) is 0 Å². The SMILES string of the molecule is CN(C)C1=Nc2ccccc2OC(=O)C1. The van der Waals surface area contributed by atoms with Crippen LogP contribution in [0.3, 0.4) is 0 Å². The predicted molar refractivity (Wildman–Crippen MR) is 57.5 cm³/mol. The van der Waals surface area contributed by atoms with Crippen molar-refractivity contribution in [3.8, 4) is 5.75 Å². The van der Waals surface area contributed by atoms with Crippen LogP contribution in [-0.2, 0) is 4.79 Å². The van der Waals surface area contributed by atoms with Crippen LogP contribution in [-0.4, -0.2) is 30.8 Å². The molecule has 0 amide bonds. The average molecular weight is 204 g/mol. The lowest BCUT2D eigenvalue weighted by atomic mass is 10.3. The van der Waals surface area contributed by atoms with Crippen molar-refractivity contribution in [2.24, 2.45) is 4.99 Å². The second-order valence-corrected chi connectivity index (χ2v) is 3.54. The molecule has 15 heavy (non-hydrogen) atoms. The first kappa shape index (κ1) is 9.71. The van der Waals surface area contributed by atoms with Gasteiger partial charge >= 0.3 is 5.97 Å². The van der Waals surface area contributed by atoms with E-state index in [-0.39, 0.29) is 12.4 Å². The van der Waals surface area contributed by atoms with E-state index >= 15 is 0 Å². The molecular formula is C11H12N2O2. The molecule has 78 valence electrons. The van der Waals surface area contributed by atoms with Crippen LogP contribution in [0.4, 0.5) is 5.69 Å². The van der Waals surface area contributed by atoms with Gasteiger partial charge in [-0.05, 0) is 12.1 Å². The minimum Gasteiger partial charge on any atom is -0.424 e. The highest BCUT2D eigenvalue weighted by molar-refractivity contribution is 6.01. The molecule has 1 aliphatic heterocycles. The Labute approximate surface area is 88.2 Å². The van der Waals surface area contributed by atoms with E-state index in [1.165, 1.54) is 0 Å². The first-order valence-electron chi connectivity index (χ1n) is 4.71. The third kappa shape index (κ3) is 1.98. The number of carbonyl (C=O) groups excluding carboxylic acids is 1. The van der Waals surface area contributed by atoms with Crippen molar-refractivity contribution in [2.75, 3.05) is 14.1 Å². The van der Waals surface area contributed by atoms with Gasteiger partial charge in [0.15, 0.2) is 5.75 Å². The van der Waals surface area contributed by atoms with Gasteiger partial charge in [0.1, 0.15) is 17.9 Å². The standard InChI is InChI=1S/C11H12N2O2/c1-13(2)10-7-11(14)15-9-6-4-3-5-8(9)12-10/h3-6H,7H2,1-2H3. The van der Waals surface area contributed by atoms with E-state index < -0.39 is 0 Å². The summed E-state index contributed by atoms with van der Waals surface area (Å²) in [5, 5.41) is 0. The lowest BCUT2D eigenvalue weighted by Gasteiger charge is -2.12. The number of hydrogen-bond donors (Lipinski definition) is 0. The van der Waals surface area contributed by atoms with Crippen LogP contribution in [0.25, 0.3) is 0 Å². The third-order valence-corrected chi connectivity index (χ3v) is 2.16. The molecule has 0 N–H and O–H groups in total. The van der Waals surface area contributed by atoms with Crippen molar-refractivity contribution in [3.05, 3.63) is 24.3 Å². The number of esters is 1. The van der Waals surface area contributed by atoms with Gasteiger partial charge in [0.05, 0.1) is 0 Å². The smallest absolute Gasteiger partial charge is 0.318 e. The van der Waals surface area contributed by atoms with E-state index in [4.69, 9.17) is 4.74 Å². The monoisotopic (exact) mass is 204 g/mol. The van der Waals surface area contributed by atoms with Crippen molar-refractivity contribution in [1.82, 2.24) is 4.90 Å². The molecule has 0 radical (unpaired) electrons. The molecule has 0 spiro atoms. The molecule has 1 aromatic rings. The molecule has 0 saturated carbocycles. The van der Waals surface area contributed by atoms with Crippen LogP contribution in [0.1, 0.15) is 6.42 Å². The summed E-state index contributed by atoms with van der Waals surface area (Å²) in [6.07, 6.45) is 0.210. The zero-order valence-electron chi connectivity index (χ0n) is 8.73. The Balaban J connectivity index is 2.47. The molecular weight excluding hydrogens is 192 g/mol. The molecule has 1 aliphatic rings. The van der Waals surface area contributed by atoms with E-state index in [1.54, 1.807) is 6.07 Å². The summed E-state index contributed by atoms with van der Waals surface area (Å²) < 4.78 is 5.16. The van der Waals surface area contributed by atoms with Gasteiger partial charge in [-0.25, -0.2) is 4.99 Å². The van der Waals surface area contributed by atoms with Crippen LogP contribution >= 0.6 is 0 Å². The average Bonchev–Trinajstić information content (AvgIpc) is 2.35. The highest BCUT2D eigenvalue weighted by Crippen LogP contribution is 2.29. The Morgan fingerprint density at radius 2 is 2.07 bits per heavy atom. The lowest BCUT2D eigenvalue weighted by Crippen LogP contribution is -2.25. The van der Waals surface area contributed by atoms with Crippen molar-refractivity contribution >= 4 is 17.5 Å². The predicted octanol–water partition coefficient (Wildman–Crippen LogP) is 1.59. The minimum atomic E-state index is -0.271. The van der Waals surface area contributed by atoms with Crippen LogP contribution in [0, 0.1) is 0 Å². The summed E-state index contributed by atoms with van der Waals surface area (Å²) in [4.78, 5) is 17.6. The molecule has 1 heterocycles. The van der Waals surface area contributed by atoms with Gasteiger partial charge in [0.25, 0.3) is 0 Å². The number of hydrogen-bond acceptors (Lipinski definition) is 4. The zero-order chi connectivity index (χ0) is 10.8. The molecule has 4 heteroatoms. The number of para-hydroxylation sites is 2. The van der Waals surface area contributed by atoms with E-state index in [1.807, 2.05) is 37.2 Å². The Hall–Kier alpha value is -1.84. The largest absolute Gasteiger partial charge is 0.424 e. The number of ether oxygens (including phenoxy) is 1. The van der Waals surface area contributed by atoms with Crippen LogP contribution < -0.4 is 4.74 Å². The van der Waals surface area contributed by atoms with E-state index in [0.29, 0.717) is 17.3 Å². The summed E-state index contributed by atoms with van der Waals surface area (Å²) >= 11 is 0. The molecule has 2 rings (SSSR count). The summed E-state index contributed by atoms with van der Waals surface area (Å²) in [7, 11) is 3.72. The van der Waals surface area contributed by atoms with Gasteiger partial charge in [-0.1, -0.05) is 12.1 Å². The molecule has 0 unspecified atom stereocenters. The lowest BCUT2D eigenvalue weighted by molar-refractivity contribution is -0.133. The Morgan fingerprint density at radius 3 is 2.80 bits per heavy atom. The van der Waals surface area contributed by atoms with E-state index in [0.717, 1.165) is 0 Å². The highest BCUT2D eigenvalue weighted by atomic mass is 16.5. The second kappa shape index (κ2) is 3.73. The van der Waals surface area contributed by atoms with Crippen LogP contribution in [0.2, 0.25) is 0 Å². The maximum atomic E-state index is 11.4. The Morgan fingerprint density at radius 1 is 1.33 bits per heavy atom. The number of carbonyl (C=O) groups is 1. The fourth-order valence-electron chi connectivity index (χ4n) is 1.36. The van der Waals surface area contributed by atoms with Gasteiger partial charge in [0, 0.05) is 14.1 Å². The molecule has 0 fully saturated rings. The molecule has 4 nitrogen and oxygen atoms in total. The van der Waals surface area contributed by atoms with Gasteiger partial charge in [-0.2, -0.15) is 0 Å². The van der Waals surface area contributed by atoms with Crippen molar-refractivity contribution in [1.29, 1.82) is 0 Å². The molecule has 0 saturated heterocycles. The third-order valence-electron chi connectivity index (χ3n) is 2.16. The quantitative estimate of drug-likeness (QED) is 0.476.